The number of hydrogen-bond acceptors (Lipinski definition) is 20. The summed E-state index contributed by atoms with van der Waals surface area (Å²) in [6, 6.07) is 0. The quantitative estimate of drug-likeness (QED) is 0.0662. The molecule has 0 unspecified atom stereocenters. The molecule has 8 fully saturated rings. The summed E-state index contributed by atoms with van der Waals surface area (Å²) in [5.74, 6) is -1.34. The van der Waals surface area contributed by atoms with E-state index >= 15 is 0 Å². The van der Waals surface area contributed by atoms with Crippen molar-refractivity contribution in [3.05, 3.63) is 12.2 Å². The predicted octanol–water partition coefficient (Wildman–Crippen LogP) is -2.68. The predicted molar refractivity (Wildman–Crippen MR) is 219 cm³/mol. The lowest BCUT2D eigenvalue weighted by Gasteiger charge is -2.60. The average Bonchev–Trinajstić information content (AvgIpc) is 3.73. The highest BCUT2D eigenvalue weighted by molar-refractivity contribution is 5.87. The second kappa shape index (κ2) is 19.1. The van der Waals surface area contributed by atoms with Crippen LogP contribution < -0.4 is 0 Å². The van der Waals surface area contributed by atoms with Gasteiger partial charge in [0.2, 0.25) is 0 Å². The number of aliphatic hydroxyl groups excluding tert-OH is 11. The van der Waals surface area contributed by atoms with Crippen LogP contribution in [-0.4, -0.2) is 204 Å². The normalized spacial score (nSPS) is 54.4. The first kappa shape index (κ1) is 50.1. The third kappa shape index (κ3) is 8.60. The maximum Gasteiger partial charge on any atom is 0.187 e. The van der Waals surface area contributed by atoms with Crippen molar-refractivity contribution in [2.75, 3.05) is 26.4 Å². The molecule has 0 amide bonds. The molecule has 4 aliphatic heterocycles. The second-order valence-corrected chi connectivity index (χ2v) is 20.9. The zero-order chi connectivity index (χ0) is 47.1. The summed E-state index contributed by atoms with van der Waals surface area (Å²) < 4.78 is 41.5. The van der Waals surface area contributed by atoms with Crippen LogP contribution in [0.2, 0.25) is 0 Å². The lowest BCUT2D eigenvalue weighted by atomic mass is 9.44. The van der Waals surface area contributed by atoms with Gasteiger partial charge in [0.1, 0.15) is 79.0 Å². The largest absolute Gasteiger partial charge is 0.394 e. The number of carbonyl (C=O) groups is 1. The molecule has 20 heteroatoms. The third-order valence-electron chi connectivity index (χ3n) is 17.6. The summed E-state index contributed by atoms with van der Waals surface area (Å²) in [6.07, 6.45) is -18.0. The molecule has 8 aliphatic rings. The first-order valence-electron chi connectivity index (χ1n) is 23.5. The van der Waals surface area contributed by atoms with Gasteiger partial charge in [-0.05, 0) is 74.0 Å². The van der Waals surface area contributed by atoms with Crippen LogP contribution in [0.15, 0.2) is 12.2 Å². The molecular formula is C45H72O20. The van der Waals surface area contributed by atoms with Crippen LogP contribution in [0.5, 0.6) is 0 Å². The van der Waals surface area contributed by atoms with Gasteiger partial charge in [-0.2, -0.15) is 0 Å². The molecule has 12 N–H and O–H groups in total. The van der Waals surface area contributed by atoms with Crippen molar-refractivity contribution in [3.8, 4) is 0 Å². The van der Waals surface area contributed by atoms with Crippen LogP contribution in [0.25, 0.3) is 0 Å². The third-order valence-corrected chi connectivity index (χ3v) is 17.6. The van der Waals surface area contributed by atoms with Crippen molar-refractivity contribution in [2.45, 2.75) is 189 Å². The van der Waals surface area contributed by atoms with E-state index in [2.05, 4.69) is 20.4 Å². The number of rotatable bonds is 13. The van der Waals surface area contributed by atoms with Gasteiger partial charge in [0.25, 0.3) is 0 Å². The number of Topliss-reactive ketones (excluding diaryl/α,β-unsaturated/α-hetero) is 1. The SMILES string of the molecule is C=C(CC[C@]1(O)O[C@H]2C[C@H]3[C@@H]4CC[C@@H]5C[C@@H](O[C@@H]6O[C@H](CO)[C@H](O)[C@H](O)[C@H]6O[C@@H]6O[C@H](CO)[C@@H](O)[C@H](O)[C@H]6O)CC[C@]5(C)[C@H]4CC(=O)[C@]3(C)[C@H]2[C@@H]1C)CO[C@@H]1O[C@H](CO)[C@@H](O)[C@H](O)[C@H]1O. The average molecular weight is 933 g/mol. The van der Waals surface area contributed by atoms with Gasteiger partial charge >= 0.3 is 0 Å². The van der Waals surface area contributed by atoms with Crippen molar-refractivity contribution in [3.63, 3.8) is 0 Å². The summed E-state index contributed by atoms with van der Waals surface area (Å²) in [4.78, 5) is 14.7. The van der Waals surface area contributed by atoms with Gasteiger partial charge in [0.15, 0.2) is 24.7 Å². The van der Waals surface area contributed by atoms with Gasteiger partial charge in [-0.3, -0.25) is 4.79 Å². The van der Waals surface area contributed by atoms with Crippen molar-refractivity contribution < 1.29 is 99.2 Å². The minimum atomic E-state index is -1.78. The van der Waals surface area contributed by atoms with Gasteiger partial charge in [0, 0.05) is 30.1 Å². The molecule has 0 aromatic carbocycles. The van der Waals surface area contributed by atoms with Crippen LogP contribution in [0, 0.1) is 46.3 Å². The highest BCUT2D eigenvalue weighted by Crippen LogP contribution is 2.70. The van der Waals surface area contributed by atoms with E-state index in [4.69, 9.17) is 33.2 Å². The molecule has 372 valence electrons. The van der Waals surface area contributed by atoms with Crippen LogP contribution in [-0.2, 0) is 38.0 Å². The smallest absolute Gasteiger partial charge is 0.187 e. The van der Waals surface area contributed by atoms with Crippen LogP contribution >= 0.6 is 0 Å². The van der Waals surface area contributed by atoms with Gasteiger partial charge in [-0.25, -0.2) is 0 Å². The van der Waals surface area contributed by atoms with Gasteiger partial charge in [-0.15, -0.1) is 0 Å². The van der Waals surface area contributed by atoms with E-state index in [0.717, 1.165) is 19.3 Å². The van der Waals surface area contributed by atoms with Gasteiger partial charge in [0.05, 0.1) is 38.6 Å². The lowest BCUT2D eigenvalue weighted by Crippen LogP contribution is -2.65. The fraction of sp³-hybridized carbons (Fsp3) is 0.933. The van der Waals surface area contributed by atoms with Gasteiger partial charge in [-0.1, -0.05) is 32.9 Å². The number of fused-ring (bicyclic) bond motifs is 7. The zero-order valence-corrected chi connectivity index (χ0v) is 37.3. The Hall–Kier alpha value is -1.35. The summed E-state index contributed by atoms with van der Waals surface area (Å²) in [7, 11) is 0. The van der Waals surface area contributed by atoms with Crippen molar-refractivity contribution in [2.24, 2.45) is 46.3 Å². The molecule has 0 bridgehead atoms. The molecule has 4 aliphatic carbocycles. The second-order valence-electron chi connectivity index (χ2n) is 20.9. The first-order chi connectivity index (χ1) is 30.7. The number of carbonyl (C=O) groups excluding carboxylic acids is 1. The fourth-order valence-corrected chi connectivity index (χ4v) is 13.7. The minimum absolute atomic E-state index is 0.0590. The standard InChI is InChI=1S/C45H72O20/c1-18(17-59-40-37(56)34(53)31(50)26(14-46)61-40)7-10-45(58)19(2)30-25(65-45)12-24-22-6-5-20-11-21(8-9-43(20,3)23(22)13-29(49)44(24,30)4)60-42-39(36(55)33(52)28(16-48)63-42)64-41-38(57)35(54)32(51)27(15-47)62-41/h19-28,30-42,46-48,50-58H,1,5-17H2,2-4H3/t19-,20+,21-,22+,23-,24-,25-,26+,27+,28+,30-,31+,32+,33-,34-,35-,36-,37+,38+,39+,40+,41-,42+,43-,44+,45-/m0/s1. The highest BCUT2D eigenvalue weighted by Gasteiger charge is 2.71. The van der Waals surface area contributed by atoms with E-state index in [9.17, 15) is 66.1 Å². The molecule has 0 spiro atoms. The molecular weight excluding hydrogens is 860 g/mol. The Morgan fingerprint density at radius 1 is 0.723 bits per heavy atom. The van der Waals surface area contributed by atoms with Crippen LogP contribution in [0.3, 0.4) is 0 Å². The Morgan fingerprint density at radius 3 is 1.94 bits per heavy atom. The van der Waals surface area contributed by atoms with Crippen molar-refractivity contribution in [1.29, 1.82) is 0 Å². The number of ketones is 1. The van der Waals surface area contributed by atoms with E-state index < -0.39 is 129 Å². The molecule has 4 heterocycles. The molecule has 0 radical (unpaired) electrons. The van der Waals surface area contributed by atoms with Crippen LogP contribution in [0.1, 0.15) is 78.6 Å². The molecule has 4 saturated heterocycles. The monoisotopic (exact) mass is 932 g/mol. The lowest BCUT2D eigenvalue weighted by molar-refractivity contribution is -0.373. The molecule has 0 aromatic heterocycles. The summed E-state index contributed by atoms with van der Waals surface area (Å²) in [5.41, 5.74) is -0.343. The summed E-state index contributed by atoms with van der Waals surface area (Å²) in [6.45, 7) is 8.34. The number of aliphatic hydroxyl groups is 12. The Morgan fingerprint density at radius 2 is 1.31 bits per heavy atom. The molecule has 8 rings (SSSR count). The zero-order valence-electron chi connectivity index (χ0n) is 37.3. The molecule has 0 aromatic rings. The van der Waals surface area contributed by atoms with E-state index in [-0.39, 0.29) is 65.8 Å². The maximum absolute atomic E-state index is 14.7. The summed E-state index contributed by atoms with van der Waals surface area (Å²) >= 11 is 0. The Bertz CT molecular complexity index is 1690. The number of ether oxygens (including phenoxy) is 7. The summed E-state index contributed by atoms with van der Waals surface area (Å²) in [5, 5.41) is 125. The Kier molecular flexibility index (Phi) is 14.7. The van der Waals surface area contributed by atoms with E-state index in [0.29, 0.717) is 37.7 Å². The Balaban J connectivity index is 0.888. The maximum atomic E-state index is 14.7. The molecule has 4 saturated carbocycles. The Labute approximate surface area is 378 Å². The fourth-order valence-electron chi connectivity index (χ4n) is 13.7. The van der Waals surface area contributed by atoms with E-state index in [1.165, 1.54) is 0 Å². The molecule has 65 heavy (non-hydrogen) atoms. The molecule has 20 nitrogen and oxygen atoms in total. The van der Waals surface area contributed by atoms with E-state index in [1.807, 2.05) is 6.92 Å². The number of hydrogen-bond donors (Lipinski definition) is 12. The van der Waals surface area contributed by atoms with Gasteiger partial charge < -0.3 is 94.4 Å². The topological polar surface area (TPSA) is 324 Å². The van der Waals surface area contributed by atoms with E-state index in [1.54, 1.807) is 0 Å². The first-order valence-corrected chi connectivity index (χ1v) is 23.5. The minimum Gasteiger partial charge on any atom is -0.394 e. The molecule has 26 atom stereocenters. The van der Waals surface area contributed by atoms with Crippen LogP contribution in [0.4, 0.5) is 0 Å². The highest BCUT2D eigenvalue weighted by atomic mass is 16.8. The van der Waals surface area contributed by atoms with Crippen molar-refractivity contribution in [1.82, 2.24) is 0 Å². The van der Waals surface area contributed by atoms with Crippen molar-refractivity contribution >= 4 is 5.78 Å².